The summed E-state index contributed by atoms with van der Waals surface area (Å²) < 4.78 is 15.9. The second kappa shape index (κ2) is 8.09. The Bertz CT molecular complexity index is 988. The predicted octanol–water partition coefficient (Wildman–Crippen LogP) is 4.75. The minimum atomic E-state index is -0.371. The van der Waals surface area contributed by atoms with Gasteiger partial charge in [0.25, 0.3) is 5.91 Å². The van der Waals surface area contributed by atoms with Gasteiger partial charge >= 0.3 is 0 Å². The van der Waals surface area contributed by atoms with Gasteiger partial charge in [-0.1, -0.05) is 52.7 Å². The van der Waals surface area contributed by atoms with Crippen LogP contribution in [0.1, 0.15) is 63.1 Å². The minimum absolute atomic E-state index is 0.194. The lowest BCUT2D eigenvalue weighted by Crippen LogP contribution is -2.27. The molecule has 0 saturated heterocycles. The van der Waals surface area contributed by atoms with Crippen molar-refractivity contribution in [2.45, 2.75) is 52.4 Å². The fourth-order valence-corrected chi connectivity index (χ4v) is 2.98. The molecular weight excluding hydrogens is 355 g/mol. The Morgan fingerprint density at radius 2 is 1.93 bits per heavy atom. The standard InChI is InChI=1S/C22H27FN4O/c1-5-6-9-12-24-21(28)18-13-17(15-10-7-8-11-16(15)23)25-20-14-19(22(2,3)4)26-27(18)20/h7-8,10-11,13-14H,5-6,9,12H2,1-4H3,(H,24,28). The molecule has 1 N–H and O–H groups in total. The minimum Gasteiger partial charge on any atom is -0.351 e. The molecule has 0 aliphatic carbocycles. The van der Waals surface area contributed by atoms with Gasteiger partial charge in [-0.05, 0) is 24.6 Å². The second-order valence-corrected chi connectivity index (χ2v) is 8.02. The Morgan fingerprint density at radius 3 is 2.61 bits per heavy atom. The summed E-state index contributed by atoms with van der Waals surface area (Å²) in [7, 11) is 0. The lowest BCUT2D eigenvalue weighted by molar-refractivity contribution is 0.0945. The highest BCUT2D eigenvalue weighted by Gasteiger charge is 2.22. The maximum absolute atomic E-state index is 14.3. The van der Waals surface area contributed by atoms with Crippen molar-refractivity contribution in [3.05, 3.63) is 53.6 Å². The van der Waals surface area contributed by atoms with Crippen LogP contribution >= 0.6 is 0 Å². The second-order valence-electron chi connectivity index (χ2n) is 8.02. The fraction of sp³-hybridized carbons (Fsp3) is 0.409. The molecule has 3 aromatic rings. The number of rotatable bonds is 6. The number of hydrogen-bond donors (Lipinski definition) is 1. The van der Waals surface area contributed by atoms with E-state index in [1.54, 1.807) is 28.8 Å². The van der Waals surface area contributed by atoms with Gasteiger partial charge in [0.1, 0.15) is 11.5 Å². The zero-order valence-electron chi connectivity index (χ0n) is 16.9. The third-order valence-corrected chi connectivity index (χ3v) is 4.64. The number of amides is 1. The van der Waals surface area contributed by atoms with Gasteiger partial charge in [0.15, 0.2) is 5.65 Å². The Labute approximate surface area is 165 Å². The van der Waals surface area contributed by atoms with E-state index in [-0.39, 0.29) is 17.1 Å². The number of hydrogen-bond acceptors (Lipinski definition) is 3. The smallest absolute Gasteiger partial charge is 0.270 e. The summed E-state index contributed by atoms with van der Waals surface area (Å²) in [6.07, 6.45) is 3.06. The molecule has 0 fully saturated rings. The van der Waals surface area contributed by atoms with Crippen molar-refractivity contribution in [1.29, 1.82) is 0 Å². The van der Waals surface area contributed by atoms with Crippen LogP contribution in [-0.2, 0) is 5.41 Å². The Hall–Kier alpha value is -2.76. The number of benzene rings is 1. The van der Waals surface area contributed by atoms with Crippen molar-refractivity contribution in [2.75, 3.05) is 6.54 Å². The Balaban J connectivity index is 2.09. The molecule has 0 aliphatic rings. The van der Waals surface area contributed by atoms with Crippen LogP contribution < -0.4 is 5.32 Å². The molecule has 1 amide bonds. The van der Waals surface area contributed by atoms with Gasteiger partial charge in [0.05, 0.1) is 11.4 Å². The number of aromatic nitrogens is 3. The SMILES string of the molecule is CCCCCNC(=O)c1cc(-c2ccccc2F)nc2cc(C(C)(C)C)nn12. The monoisotopic (exact) mass is 382 g/mol. The maximum Gasteiger partial charge on any atom is 0.270 e. The fourth-order valence-electron chi connectivity index (χ4n) is 2.98. The average Bonchev–Trinajstić information content (AvgIpc) is 3.09. The van der Waals surface area contributed by atoms with E-state index >= 15 is 0 Å². The summed E-state index contributed by atoms with van der Waals surface area (Å²) in [5.74, 6) is -0.603. The Morgan fingerprint density at radius 1 is 1.18 bits per heavy atom. The van der Waals surface area contributed by atoms with Crippen LogP contribution in [-0.4, -0.2) is 27.0 Å². The summed E-state index contributed by atoms with van der Waals surface area (Å²) in [4.78, 5) is 17.4. The molecule has 1 aromatic carbocycles. The molecule has 0 radical (unpaired) electrons. The topological polar surface area (TPSA) is 59.3 Å². The highest BCUT2D eigenvalue weighted by molar-refractivity contribution is 5.94. The lowest BCUT2D eigenvalue weighted by atomic mass is 9.93. The third-order valence-electron chi connectivity index (χ3n) is 4.64. The molecule has 0 bridgehead atoms. The molecule has 3 rings (SSSR count). The van der Waals surface area contributed by atoms with Crippen molar-refractivity contribution in [3.8, 4) is 11.3 Å². The molecule has 0 aliphatic heterocycles. The zero-order chi connectivity index (χ0) is 20.3. The summed E-state index contributed by atoms with van der Waals surface area (Å²) >= 11 is 0. The normalized spacial score (nSPS) is 11.8. The number of nitrogens with zero attached hydrogens (tertiary/aromatic N) is 3. The number of fused-ring (bicyclic) bond motifs is 1. The summed E-state index contributed by atoms with van der Waals surface area (Å²) in [6, 6.07) is 9.92. The molecule has 2 aromatic heterocycles. The molecule has 2 heterocycles. The van der Waals surface area contributed by atoms with Crippen molar-refractivity contribution in [3.63, 3.8) is 0 Å². The van der Waals surface area contributed by atoms with Crippen molar-refractivity contribution in [2.24, 2.45) is 0 Å². The van der Waals surface area contributed by atoms with E-state index in [4.69, 9.17) is 0 Å². The van der Waals surface area contributed by atoms with E-state index in [9.17, 15) is 9.18 Å². The summed E-state index contributed by atoms with van der Waals surface area (Å²) in [5, 5.41) is 7.55. The molecule has 0 unspecified atom stereocenters. The lowest BCUT2D eigenvalue weighted by Gasteiger charge is -2.13. The largest absolute Gasteiger partial charge is 0.351 e. The molecule has 0 spiro atoms. The van der Waals surface area contributed by atoms with Crippen LogP contribution in [0.5, 0.6) is 0 Å². The highest BCUT2D eigenvalue weighted by Crippen LogP contribution is 2.26. The first-order chi connectivity index (χ1) is 13.3. The maximum atomic E-state index is 14.3. The number of nitrogens with one attached hydrogen (secondary N) is 1. The first kappa shape index (κ1) is 20.0. The van der Waals surface area contributed by atoms with E-state index in [0.717, 1.165) is 25.0 Å². The van der Waals surface area contributed by atoms with Crippen LogP contribution in [0, 0.1) is 5.82 Å². The van der Waals surface area contributed by atoms with Gasteiger partial charge in [-0.25, -0.2) is 13.9 Å². The first-order valence-corrected chi connectivity index (χ1v) is 9.75. The van der Waals surface area contributed by atoms with Gasteiger partial charge in [-0.15, -0.1) is 0 Å². The van der Waals surface area contributed by atoms with Crippen LogP contribution in [0.4, 0.5) is 4.39 Å². The molecular formula is C22H27FN4O. The molecule has 148 valence electrons. The quantitative estimate of drug-likeness (QED) is 0.626. The molecule has 6 heteroatoms. The molecule has 5 nitrogen and oxygen atoms in total. The highest BCUT2D eigenvalue weighted by atomic mass is 19.1. The predicted molar refractivity (Wildman–Crippen MR) is 109 cm³/mol. The van der Waals surface area contributed by atoms with Crippen molar-refractivity contribution < 1.29 is 9.18 Å². The third kappa shape index (κ3) is 4.21. The number of halogens is 1. The van der Waals surface area contributed by atoms with Gasteiger partial charge in [-0.3, -0.25) is 4.79 Å². The van der Waals surface area contributed by atoms with Crippen LogP contribution in [0.25, 0.3) is 16.9 Å². The van der Waals surface area contributed by atoms with Gasteiger partial charge < -0.3 is 5.32 Å². The van der Waals surface area contributed by atoms with Crippen molar-refractivity contribution in [1.82, 2.24) is 19.9 Å². The van der Waals surface area contributed by atoms with E-state index in [1.807, 2.05) is 6.07 Å². The summed E-state index contributed by atoms with van der Waals surface area (Å²) in [6.45, 7) is 8.87. The number of unbranched alkanes of at least 4 members (excludes halogenated alkanes) is 2. The van der Waals surface area contributed by atoms with Crippen LogP contribution in [0.2, 0.25) is 0 Å². The molecule has 28 heavy (non-hydrogen) atoms. The van der Waals surface area contributed by atoms with Gasteiger partial charge in [0, 0.05) is 23.6 Å². The van der Waals surface area contributed by atoms with Gasteiger partial charge in [-0.2, -0.15) is 5.10 Å². The average molecular weight is 382 g/mol. The molecule has 0 atom stereocenters. The first-order valence-electron chi connectivity index (χ1n) is 9.75. The molecule has 0 saturated carbocycles. The van der Waals surface area contributed by atoms with Crippen LogP contribution in [0.3, 0.4) is 0 Å². The Kier molecular flexibility index (Phi) is 5.77. The van der Waals surface area contributed by atoms with E-state index in [2.05, 4.69) is 43.1 Å². The van der Waals surface area contributed by atoms with Crippen LogP contribution in [0.15, 0.2) is 36.4 Å². The van der Waals surface area contributed by atoms with E-state index in [1.165, 1.54) is 6.07 Å². The zero-order valence-corrected chi connectivity index (χ0v) is 16.9. The van der Waals surface area contributed by atoms with E-state index in [0.29, 0.717) is 29.1 Å². The van der Waals surface area contributed by atoms with Gasteiger partial charge in [0.2, 0.25) is 0 Å². The summed E-state index contributed by atoms with van der Waals surface area (Å²) in [5.41, 5.74) is 2.30. The van der Waals surface area contributed by atoms with E-state index < -0.39 is 0 Å². The number of carbonyl (C=O) groups is 1. The number of carbonyl (C=O) groups excluding carboxylic acids is 1. The van der Waals surface area contributed by atoms with Crippen molar-refractivity contribution >= 4 is 11.6 Å².